The minimum atomic E-state index is -0.474. The third-order valence-electron chi connectivity index (χ3n) is 4.83. The van der Waals surface area contributed by atoms with E-state index >= 15 is 0 Å². The van der Waals surface area contributed by atoms with Crippen LogP contribution in [0, 0.1) is 10.1 Å². The van der Waals surface area contributed by atoms with Crippen molar-refractivity contribution in [3.8, 4) is 0 Å². The van der Waals surface area contributed by atoms with Crippen molar-refractivity contribution >= 4 is 29.2 Å². The molecule has 152 valence electrons. The van der Waals surface area contributed by atoms with Gasteiger partial charge in [-0.2, -0.15) is 5.01 Å². The molecule has 8 nitrogen and oxygen atoms in total. The molecule has 8 heteroatoms. The maximum Gasteiger partial charge on any atom is 0.282 e. The summed E-state index contributed by atoms with van der Waals surface area (Å²) < 4.78 is 5.41. The van der Waals surface area contributed by atoms with Gasteiger partial charge in [-0.1, -0.05) is 42.5 Å². The molecule has 0 N–H and O–H groups in total. The molecule has 0 bridgehead atoms. The number of nitro benzene ring substituents is 1. The van der Waals surface area contributed by atoms with Gasteiger partial charge in [0.05, 0.1) is 29.4 Å². The second-order valence-corrected chi connectivity index (χ2v) is 6.76. The zero-order valence-electron chi connectivity index (χ0n) is 16.2. The Hall–Kier alpha value is -3.78. The number of amides is 1. The van der Waals surface area contributed by atoms with Gasteiger partial charge in [-0.05, 0) is 23.8 Å². The molecule has 0 unspecified atom stereocenters. The summed E-state index contributed by atoms with van der Waals surface area (Å²) in [5.41, 5.74) is 1.94. The van der Waals surface area contributed by atoms with Crippen LogP contribution in [0.4, 0.5) is 11.4 Å². The lowest BCUT2D eigenvalue weighted by atomic mass is 10.1. The number of hydrazone groups is 1. The normalized spacial score (nSPS) is 18.3. The van der Waals surface area contributed by atoms with E-state index in [1.54, 1.807) is 6.08 Å². The van der Waals surface area contributed by atoms with Crippen LogP contribution < -0.4 is 5.01 Å². The highest BCUT2D eigenvalue weighted by Gasteiger charge is 2.34. The molecule has 1 saturated heterocycles. The van der Waals surface area contributed by atoms with E-state index in [2.05, 4.69) is 5.10 Å². The molecule has 0 spiro atoms. The van der Waals surface area contributed by atoms with Gasteiger partial charge in [0.1, 0.15) is 0 Å². The Bertz CT molecular complexity index is 1020. The number of anilines is 1. The van der Waals surface area contributed by atoms with E-state index in [9.17, 15) is 14.9 Å². The molecule has 2 aliphatic rings. The van der Waals surface area contributed by atoms with E-state index in [0.717, 1.165) is 5.56 Å². The lowest BCUT2D eigenvalue weighted by molar-refractivity contribution is -0.384. The predicted octanol–water partition coefficient (Wildman–Crippen LogP) is 3.23. The van der Waals surface area contributed by atoms with Crippen molar-refractivity contribution in [2.45, 2.75) is 0 Å². The van der Waals surface area contributed by atoms with E-state index in [1.165, 1.54) is 29.3 Å². The average molecular weight is 404 g/mol. The van der Waals surface area contributed by atoms with Gasteiger partial charge in [-0.3, -0.25) is 14.9 Å². The van der Waals surface area contributed by atoms with Crippen molar-refractivity contribution in [1.29, 1.82) is 0 Å². The highest BCUT2D eigenvalue weighted by molar-refractivity contribution is 6.29. The monoisotopic (exact) mass is 404 g/mol. The molecule has 0 aromatic heterocycles. The van der Waals surface area contributed by atoms with E-state index in [-0.39, 0.29) is 11.6 Å². The second kappa shape index (κ2) is 8.71. The maximum absolute atomic E-state index is 13.1. The lowest BCUT2D eigenvalue weighted by Crippen LogP contribution is -2.41. The van der Waals surface area contributed by atoms with Gasteiger partial charge in [0, 0.05) is 25.2 Å². The first-order chi connectivity index (χ1) is 14.6. The highest BCUT2D eigenvalue weighted by atomic mass is 16.6. The smallest absolute Gasteiger partial charge is 0.282 e. The van der Waals surface area contributed by atoms with Crippen molar-refractivity contribution in [2.75, 3.05) is 31.3 Å². The van der Waals surface area contributed by atoms with Crippen LogP contribution in [0.2, 0.25) is 0 Å². The van der Waals surface area contributed by atoms with Crippen LogP contribution in [0.5, 0.6) is 0 Å². The minimum absolute atomic E-state index is 0.0376. The van der Waals surface area contributed by atoms with Gasteiger partial charge in [-0.15, -0.1) is 5.10 Å². The molecule has 2 aliphatic heterocycles. The summed E-state index contributed by atoms with van der Waals surface area (Å²) >= 11 is 0. The van der Waals surface area contributed by atoms with Gasteiger partial charge in [-0.25, -0.2) is 0 Å². The Kier molecular flexibility index (Phi) is 5.67. The number of allylic oxidation sites excluding steroid dienone is 2. The van der Waals surface area contributed by atoms with E-state index in [1.807, 2.05) is 47.4 Å². The van der Waals surface area contributed by atoms with Gasteiger partial charge in [0.25, 0.3) is 11.6 Å². The van der Waals surface area contributed by atoms with Gasteiger partial charge in [0.2, 0.25) is 0 Å². The molecule has 0 saturated carbocycles. The number of hydrogen-bond acceptors (Lipinski definition) is 6. The van der Waals surface area contributed by atoms with Crippen LogP contribution in [0.3, 0.4) is 0 Å². The summed E-state index contributed by atoms with van der Waals surface area (Å²) in [5.74, 6) is 0.308. The number of rotatable bonds is 4. The standard InChI is InChI=1S/C22H20N4O4/c27-22-20(8-4-7-17-5-2-1-3-6-17)21(24-13-15-30-16-14-24)23-25(22)18-9-11-19(12-10-18)26(28)29/h1-12H,13-16H2. The molecule has 1 amide bonds. The highest BCUT2D eigenvalue weighted by Crippen LogP contribution is 2.27. The Morgan fingerprint density at radius 2 is 1.73 bits per heavy atom. The molecule has 4 rings (SSSR count). The number of carbonyl (C=O) groups excluding carboxylic acids is 1. The van der Waals surface area contributed by atoms with Crippen molar-refractivity contribution in [3.63, 3.8) is 0 Å². The number of morpholine rings is 1. The lowest BCUT2D eigenvalue weighted by Gasteiger charge is -2.28. The fraction of sp³-hybridized carbons (Fsp3) is 0.182. The van der Waals surface area contributed by atoms with Crippen molar-refractivity contribution in [3.05, 3.63) is 88.0 Å². The Morgan fingerprint density at radius 1 is 1.03 bits per heavy atom. The van der Waals surface area contributed by atoms with Gasteiger partial charge >= 0.3 is 0 Å². The fourth-order valence-corrected chi connectivity index (χ4v) is 3.27. The van der Waals surface area contributed by atoms with Crippen LogP contribution in [0.15, 0.2) is 77.4 Å². The van der Waals surface area contributed by atoms with Crippen LogP contribution >= 0.6 is 0 Å². The summed E-state index contributed by atoms with van der Waals surface area (Å²) in [6, 6.07) is 15.6. The predicted molar refractivity (Wildman–Crippen MR) is 114 cm³/mol. The summed E-state index contributed by atoms with van der Waals surface area (Å²) in [6.45, 7) is 2.41. The molecule has 1 fully saturated rings. The molecule has 2 aromatic carbocycles. The maximum atomic E-state index is 13.1. The first-order valence-corrected chi connectivity index (χ1v) is 9.57. The van der Waals surface area contributed by atoms with Crippen LogP contribution in [0.25, 0.3) is 6.08 Å². The minimum Gasteiger partial charge on any atom is -0.378 e. The van der Waals surface area contributed by atoms with Crippen molar-refractivity contribution < 1.29 is 14.5 Å². The second-order valence-electron chi connectivity index (χ2n) is 6.76. The summed E-state index contributed by atoms with van der Waals surface area (Å²) in [5, 5.41) is 16.7. The largest absolute Gasteiger partial charge is 0.378 e. The number of amidine groups is 1. The van der Waals surface area contributed by atoms with Gasteiger partial charge < -0.3 is 9.64 Å². The van der Waals surface area contributed by atoms with E-state index in [0.29, 0.717) is 43.4 Å². The van der Waals surface area contributed by atoms with Crippen LogP contribution in [-0.4, -0.2) is 47.9 Å². The zero-order valence-corrected chi connectivity index (χ0v) is 16.2. The summed E-state index contributed by atoms with van der Waals surface area (Å²) in [4.78, 5) is 25.6. The molecule has 0 radical (unpaired) electrons. The van der Waals surface area contributed by atoms with E-state index in [4.69, 9.17) is 4.74 Å². The fourth-order valence-electron chi connectivity index (χ4n) is 3.27. The van der Waals surface area contributed by atoms with Crippen molar-refractivity contribution in [2.24, 2.45) is 5.10 Å². The third-order valence-corrected chi connectivity index (χ3v) is 4.83. The Morgan fingerprint density at radius 3 is 2.40 bits per heavy atom. The quantitative estimate of drug-likeness (QED) is 0.444. The number of benzene rings is 2. The van der Waals surface area contributed by atoms with Crippen molar-refractivity contribution in [1.82, 2.24) is 4.90 Å². The number of hydrogen-bond donors (Lipinski definition) is 0. The topological polar surface area (TPSA) is 88.3 Å². The molecule has 2 heterocycles. The Labute approximate surface area is 173 Å². The number of carbonyl (C=O) groups is 1. The number of nitrogens with zero attached hydrogens (tertiary/aromatic N) is 4. The molecule has 30 heavy (non-hydrogen) atoms. The SMILES string of the molecule is O=C1C(=CC=Cc2ccccc2)C(N2CCOCC2)=NN1c1ccc([N+](=O)[O-])cc1. The molecular weight excluding hydrogens is 384 g/mol. The molecule has 2 aromatic rings. The van der Waals surface area contributed by atoms with Gasteiger partial charge in [0.15, 0.2) is 5.84 Å². The Balaban J connectivity index is 1.65. The molecule has 0 atom stereocenters. The first-order valence-electron chi connectivity index (χ1n) is 9.57. The molecule has 0 aliphatic carbocycles. The average Bonchev–Trinajstić information content (AvgIpc) is 3.11. The summed E-state index contributed by atoms with van der Waals surface area (Å²) in [6.07, 6.45) is 5.51. The van der Waals surface area contributed by atoms with Crippen LogP contribution in [-0.2, 0) is 9.53 Å². The molecular formula is C22H20N4O4. The number of nitro groups is 1. The third kappa shape index (κ3) is 4.13. The number of non-ortho nitro benzene ring substituents is 1. The zero-order chi connectivity index (χ0) is 20.9. The van der Waals surface area contributed by atoms with Crippen LogP contribution in [0.1, 0.15) is 5.56 Å². The first kappa shape index (κ1) is 19.5. The number of ether oxygens (including phenoxy) is 1. The summed E-state index contributed by atoms with van der Waals surface area (Å²) in [7, 11) is 0. The van der Waals surface area contributed by atoms with E-state index < -0.39 is 4.92 Å².